The lowest BCUT2D eigenvalue weighted by Gasteiger charge is -2.22. The van der Waals surface area contributed by atoms with Gasteiger partial charge in [-0.2, -0.15) is 5.26 Å². The van der Waals surface area contributed by atoms with Crippen LogP contribution in [0.2, 0.25) is 0 Å². The first-order valence-electron chi connectivity index (χ1n) is 9.32. The number of nitriles is 1. The van der Waals surface area contributed by atoms with Crippen molar-refractivity contribution in [1.82, 2.24) is 0 Å². The molecule has 13 nitrogen and oxygen atoms in total. The molecule has 2 rings (SSSR count). The monoisotopic (exact) mass is 493 g/mol. The molecule has 0 heterocycles. The maximum atomic E-state index is 11.8. The van der Waals surface area contributed by atoms with Crippen molar-refractivity contribution in [2.45, 2.75) is 18.7 Å². The Hall–Kier alpha value is -3.77. The van der Waals surface area contributed by atoms with Gasteiger partial charge in [-0.05, 0) is 49.9 Å². The Kier molecular flexibility index (Phi) is 8.26. The van der Waals surface area contributed by atoms with Crippen LogP contribution in [0.5, 0.6) is 0 Å². The molecule has 174 valence electrons. The summed E-state index contributed by atoms with van der Waals surface area (Å²) in [6.45, 7) is 5.21. The molecule has 2 aromatic carbocycles. The third-order valence-corrected chi connectivity index (χ3v) is 5.50. The van der Waals surface area contributed by atoms with E-state index in [2.05, 4.69) is 15.0 Å². The largest absolute Gasteiger partial charge is 0.372 e. The number of rotatable bonds is 10. The fraction of sp³-hybridized carbons (Fsp3) is 0.278. The zero-order valence-corrected chi connectivity index (χ0v) is 19.4. The summed E-state index contributed by atoms with van der Waals surface area (Å²) in [6.07, 6.45) is 0.963. The number of hydrogen-bond acceptors (Lipinski definition) is 11. The minimum Gasteiger partial charge on any atom is -0.372 e. The van der Waals surface area contributed by atoms with E-state index in [0.29, 0.717) is 30.9 Å². The van der Waals surface area contributed by atoms with Gasteiger partial charge in [0, 0.05) is 18.8 Å². The molecule has 0 saturated carbocycles. The van der Waals surface area contributed by atoms with E-state index in [1.54, 1.807) is 17.5 Å². The topological polar surface area (TPSA) is 184 Å². The van der Waals surface area contributed by atoms with Crippen LogP contribution in [0, 0.1) is 30.9 Å². The van der Waals surface area contributed by atoms with E-state index in [-0.39, 0.29) is 22.0 Å². The van der Waals surface area contributed by atoms with E-state index in [1.165, 1.54) is 6.07 Å². The second-order valence-electron chi connectivity index (χ2n) is 6.46. The van der Waals surface area contributed by atoms with Gasteiger partial charge in [-0.15, -0.1) is 10.2 Å². The Balaban J connectivity index is 2.63. The number of nitrogens with zero attached hydrogens (tertiary/aromatic N) is 6. The number of sulfonamides is 1. The molecular formula is C18H19N7O6S2. The van der Waals surface area contributed by atoms with E-state index in [9.17, 15) is 28.6 Å². The molecule has 2 aromatic rings. The Morgan fingerprint density at radius 1 is 1.06 bits per heavy atom. The zero-order chi connectivity index (χ0) is 24.8. The van der Waals surface area contributed by atoms with Crippen molar-refractivity contribution in [2.75, 3.05) is 29.0 Å². The van der Waals surface area contributed by atoms with Crippen LogP contribution in [0.15, 0.2) is 45.5 Å². The highest BCUT2D eigenvalue weighted by atomic mass is 32.2. The molecule has 15 heteroatoms. The number of thioether (sulfide) groups is 1. The van der Waals surface area contributed by atoms with Crippen LogP contribution in [0.25, 0.3) is 0 Å². The molecule has 0 unspecified atom stereocenters. The number of thiocyanates is 1. The summed E-state index contributed by atoms with van der Waals surface area (Å²) < 4.78 is 26.0. The average molecular weight is 494 g/mol. The SMILES string of the molecule is CCN(CC)c1ccc(N=Nc2cc(SC#N)c([N+](=O)[O-])cc2[N+](=O)[O-])c(NS(C)(=O)=O)c1. The maximum absolute atomic E-state index is 11.8. The number of nitro benzene ring substituents is 2. The first-order chi connectivity index (χ1) is 15.5. The third kappa shape index (κ3) is 6.60. The van der Waals surface area contributed by atoms with Crippen molar-refractivity contribution < 1.29 is 18.3 Å². The molecule has 0 aliphatic carbocycles. The third-order valence-electron chi connectivity index (χ3n) is 4.27. The Bertz CT molecular complexity index is 1250. The lowest BCUT2D eigenvalue weighted by molar-refractivity contribution is -0.395. The molecule has 0 spiro atoms. The predicted molar refractivity (Wildman–Crippen MR) is 124 cm³/mol. The van der Waals surface area contributed by atoms with Crippen LogP contribution in [-0.4, -0.2) is 37.6 Å². The quantitative estimate of drug-likeness (QED) is 0.161. The molecule has 0 atom stereocenters. The van der Waals surface area contributed by atoms with Crippen molar-refractivity contribution in [1.29, 1.82) is 5.26 Å². The highest BCUT2D eigenvalue weighted by Gasteiger charge is 2.25. The minimum absolute atomic E-state index is 0.0680. The summed E-state index contributed by atoms with van der Waals surface area (Å²) in [4.78, 5) is 22.8. The summed E-state index contributed by atoms with van der Waals surface area (Å²) in [5.41, 5.74) is -0.749. The number of benzene rings is 2. The molecule has 0 radical (unpaired) electrons. The molecule has 33 heavy (non-hydrogen) atoms. The summed E-state index contributed by atoms with van der Waals surface area (Å²) in [7, 11) is -3.68. The van der Waals surface area contributed by atoms with Gasteiger partial charge in [-0.3, -0.25) is 25.0 Å². The van der Waals surface area contributed by atoms with E-state index in [0.717, 1.165) is 18.0 Å². The van der Waals surface area contributed by atoms with E-state index >= 15 is 0 Å². The summed E-state index contributed by atoms with van der Waals surface area (Å²) in [6, 6.07) is 6.46. The van der Waals surface area contributed by atoms with Crippen molar-refractivity contribution in [2.24, 2.45) is 10.2 Å². The van der Waals surface area contributed by atoms with Gasteiger partial charge in [-0.25, -0.2) is 8.42 Å². The van der Waals surface area contributed by atoms with Crippen molar-refractivity contribution in [3.05, 3.63) is 50.6 Å². The van der Waals surface area contributed by atoms with Crippen LogP contribution in [0.1, 0.15) is 13.8 Å². The Morgan fingerprint density at radius 2 is 1.67 bits per heavy atom. The normalized spacial score (nSPS) is 11.2. The van der Waals surface area contributed by atoms with Gasteiger partial charge in [0.1, 0.15) is 16.0 Å². The highest BCUT2D eigenvalue weighted by Crippen LogP contribution is 2.40. The van der Waals surface area contributed by atoms with Gasteiger partial charge in [0.25, 0.3) is 5.69 Å². The molecular weight excluding hydrogens is 474 g/mol. The van der Waals surface area contributed by atoms with Gasteiger partial charge < -0.3 is 4.90 Å². The van der Waals surface area contributed by atoms with Gasteiger partial charge >= 0.3 is 5.69 Å². The van der Waals surface area contributed by atoms with Crippen LogP contribution in [0.3, 0.4) is 0 Å². The highest BCUT2D eigenvalue weighted by molar-refractivity contribution is 8.03. The van der Waals surface area contributed by atoms with Crippen molar-refractivity contribution >= 4 is 55.9 Å². The second-order valence-corrected chi connectivity index (χ2v) is 9.04. The summed E-state index contributed by atoms with van der Waals surface area (Å²) in [5, 5.41) is 41.0. The molecule has 0 aliphatic heterocycles. The standard InChI is InChI=1S/C18H19N7O6S2/c1-4-23(5-2)12-6-7-13(14(8-12)22-33(3,30)31)20-21-15-9-18(32-11-19)17(25(28)29)10-16(15)24(26)27/h6-10,22H,4-5H2,1-3H3. The Morgan fingerprint density at radius 3 is 2.18 bits per heavy atom. The molecule has 0 fully saturated rings. The molecule has 0 amide bonds. The lowest BCUT2D eigenvalue weighted by atomic mass is 10.2. The Labute approximate surface area is 193 Å². The summed E-state index contributed by atoms with van der Waals surface area (Å²) in [5.74, 6) is 0. The lowest BCUT2D eigenvalue weighted by Crippen LogP contribution is -2.22. The van der Waals surface area contributed by atoms with E-state index < -0.39 is 31.2 Å². The second kappa shape index (κ2) is 10.7. The molecule has 0 bridgehead atoms. The van der Waals surface area contributed by atoms with E-state index in [1.807, 2.05) is 18.7 Å². The van der Waals surface area contributed by atoms with Crippen LogP contribution in [-0.2, 0) is 10.0 Å². The van der Waals surface area contributed by atoms with Gasteiger partial charge in [0.05, 0.1) is 27.9 Å². The van der Waals surface area contributed by atoms with Crippen molar-refractivity contribution in [3.8, 4) is 5.40 Å². The average Bonchev–Trinajstić information content (AvgIpc) is 2.72. The molecule has 0 aromatic heterocycles. The summed E-state index contributed by atoms with van der Waals surface area (Å²) >= 11 is 0.450. The van der Waals surface area contributed by atoms with Crippen molar-refractivity contribution in [3.63, 3.8) is 0 Å². The number of nitrogens with one attached hydrogen (secondary N) is 1. The number of hydrogen-bond donors (Lipinski definition) is 1. The van der Waals surface area contributed by atoms with Gasteiger partial charge in [0.2, 0.25) is 10.0 Å². The smallest absolute Gasteiger partial charge is 0.303 e. The van der Waals surface area contributed by atoms with Gasteiger partial charge in [0.15, 0.2) is 5.69 Å². The van der Waals surface area contributed by atoms with Crippen LogP contribution in [0.4, 0.5) is 34.1 Å². The maximum Gasteiger partial charge on any atom is 0.303 e. The molecule has 0 saturated heterocycles. The van der Waals surface area contributed by atoms with E-state index in [4.69, 9.17) is 5.26 Å². The molecule has 1 N–H and O–H groups in total. The predicted octanol–water partition coefficient (Wildman–Crippen LogP) is 4.71. The zero-order valence-electron chi connectivity index (χ0n) is 17.8. The molecule has 0 aliphatic rings. The first kappa shape index (κ1) is 25.5. The fourth-order valence-electron chi connectivity index (χ4n) is 2.83. The van der Waals surface area contributed by atoms with Crippen LogP contribution >= 0.6 is 11.8 Å². The number of anilines is 2. The minimum atomic E-state index is -3.68. The number of nitro groups is 2. The van der Waals surface area contributed by atoms with Gasteiger partial charge in [-0.1, -0.05) is 0 Å². The fourth-order valence-corrected chi connectivity index (χ4v) is 3.90. The number of azo groups is 1. The first-order valence-corrected chi connectivity index (χ1v) is 12.0. The van der Waals surface area contributed by atoms with Crippen LogP contribution < -0.4 is 9.62 Å².